The van der Waals surface area contributed by atoms with Gasteiger partial charge in [0.25, 0.3) is 5.92 Å². The van der Waals surface area contributed by atoms with Crippen LogP contribution in [0.1, 0.15) is 51.6 Å². The zero-order valence-corrected chi connectivity index (χ0v) is 22.3. The number of nitrogens with zero attached hydrogens (tertiary/aromatic N) is 4. The number of halogens is 3. The van der Waals surface area contributed by atoms with Crippen LogP contribution in [0.25, 0.3) is 11.1 Å². The molecule has 0 saturated carbocycles. The molecule has 3 aliphatic rings. The third kappa shape index (κ3) is 4.82. The first-order valence-corrected chi connectivity index (χ1v) is 13.5. The number of likely N-dealkylation sites (N-methyl/N-ethyl adjacent to an activating group) is 1. The van der Waals surface area contributed by atoms with Crippen molar-refractivity contribution in [2.24, 2.45) is 5.73 Å². The van der Waals surface area contributed by atoms with Gasteiger partial charge in [0.15, 0.2) is 0 Å². The van der Waals surface area contributed by atoms with Crippen LogP contribution in [0.5, 0.6) is 0 Å². The van der Waals surface area contributed by atoms with E-state index >= 15 is 13.2 Å². The average Bonchev–Trinajstić information content (AvgIpc) is 3.17. The van der Waals surface area contributed by atoms with Crippen molar-refractivity contribution in [2.45, 2.75) is 24.8 Å². The molecule has 6 nitrogen and oxygen atoms in total. The molecular weight excluding hydrogens is 515 g/mol. The molecule has 1 atom stereocenters. The molecule has 1 amide bonds. The topological polar surface area (TPSA) is 65.7 Å². The first kappa shape index (κ1) is 26.4. The Hall–Kier alpha value is -3.87. The number of piperazine rings is 1. The number of nitrogens with two attached hydrogens (primary N) is 1. The third-order valence-electron chi connectivity index (χ3n) is 8.22. The highest BCUT2D eigenvalue weighted by Crippen LogP contribution is 2.51. The summed E-state index contributed by atoms with van der Waals surface area (Å²) in [6, 6.07) is 10.4. The van der Waals surface area contributed by atoms with Crippen LogP contribution in [0.15, 0.2) is 48.7 Å². The number of anilines is 1. The van der Waals surface area contributed by atoms with Crippen LogP contribution in [-0.4, -0.2) is 67.0 Å². The molecule has 1 unspecified atom stereocenters. The van der Waals surface area contributed by atoms with Crippen LogP contribution < -0.4 is 10.6 Å². The highest BCUT2D eigenvalue weighted by atomic mass is 19.3. The summed E-state index contributed by atoms with van der Waals surface area (Å²) in [5.74, 6) is 1.21. The van der Waals surface area contributed by atoms with Crippen molar-refractivity contribution in [3.8, 4) is 23.0 Å². The van der Waals surface area contributed by atoms with E-state index in [0.717, 1.165) is 44.4 Å². The molecular formula is C31H30F3N5O. The van der Waals surface area contributed by atoms with E-state index in [-0.39, 0.29) is 34.2 Å². The summed E-state index contributed by atoms with van der Waals surface area (Å²) in [6.07, 6.45) is 2.45. The fourth-order valence-electron chi connectivity index (χ4n) is 5.83. The second kappa shape index (κ2) is 10.3. The van der Waals surface area contributed by atoms with Gasteiger partial charge in [-0.2, -0.15) is 0 Å². The minimum Gasteiger partial charge on any atom is -0.371 e. The van der Waals surface area contributed by atoms with Crippen molar-refractivity contribution < 1.29 is 18.0 Å². The number of carbonyl (C=O) groups is 1. The van der Waals surface area contributed by atoms with E-state index in [1.54, 1.807) is 18.3 Å². The van der Waals surface area contributed by atoms with Gasteiger partial charge >= 0.3 is 0 Å². The summed E-state index contributed by atoms with van der Waals surface area (Å²) in [5.41, 5.74) is 7.87. The van der Waals surface area contributed by atoms with Gasteiger partial charge < -0.3 is 15.5 Å². The molecule has 2 aromatic carbocycles. The zero-order chi connectivity index (χ0) is 28.0. The molecule has 1 aliphatic carbocycles. The molecule has 0 spiro atoms. The van der Waals surface area contributed by atoms with Gasteiger partial charge in [-0.1, -0.05) is 18.1 Å². The van der Waals surface area contributed by atoms with Crippen molar-refractivity contribution in [3.63, 3.8) is 0 Å². The van der Waals surface area contributed by atoms with Crippen molar-refractivity contribution in [3.05, 3.63) is 82.4 Å². The molecule has 2 N–H and O–H groups in total. The van der Waals surface area contributed by atoms with Gasteiger partial charge in [-0.3, -0.25) is 9.69 Å². The van der Waals surface area contributed by atoms with E-state index in [1.165, 1.54) is 12.1 Å². The van der Waals surface area contributed by atoms with E-state index in [2.05, 4.69) is 31.5 Å². The van der Waals surface area contributed by atoms with Crippen molar-refractivity contribution in [2.75, 3.05) is 51.2 Å². The molecule has 0 bridgehead atoms. The maximum Gasteiger partial charge on any atom is 0.275 e. The zero-order valence-electron chi connectivity index (χ0n) is 22.3. The molecule has 206 valence electrons. The Balaban J connectivity index is 1.42. The number of alkyl halides is 2. The third-order valence-corrected chi connectivity index (χ3v) is 8.22. The molecule has 3 aromatic rings. The SMILES string of the molecule is CN1CCN(C2CC(F)(F)c3cc(-c4c(C(N)=O)ccc(F)c4C#Cc4cc(N5CCC5)ccn4)ccc32)CC1. The summed E-state index contributed by atoms with van der Waals surface area (Å²) < 4.78 is 46.1. The molecule has 3 heterocycles. The number of hydrogen-bond donors (Lipinski definition) is 1. The van der Waals surface area contributed by atoms with Crippen LogP contribution >= 0.6 is 0 Å². The number of amides is 1. The van der Waals surface area contributed by atoms with Gasteiger partial charge in [-0.05, 0) is 60.8 Å². The molecule has 6 rings (SSSR count). The minimum atomic E-state index is -3.06. The Morgan fingerprint density at radius 3 is 2.50 bits per heavy atom. The van der Waals surface area contributed by atoms with Gasteiger partial charge in [-0.25, -0.2) is 18.2 Å². The van der Waals surface area contributed by atoms with E-state index in [0.29, 0.717) is 24.3 Å². The lowest BCUT2D eigenvalue weighted by atomic mass is 9.91. The summed E-state index contributed by atoms with van der Waals surface area (Å²) in [4.78, 5) is 23.2. The second-order valence-corrected chi connectivity index (χ2v) is 10.8. The second-order valence-electron chi connectivity index (χ2n) is 10.8. The van der Waals surface area contributed by atoms with Crippen molar-refractivity contribution in [1.29, 1.82) is 0 Å². The first-order valence-electron chi connectivity index (χ1n) is 13.5. The Morgan fingerprint density at radius 1 is 1.02 bits per heavy atom. The maximum absolute atomic E-state index is 15.4. The summed E-state index contributed by atoms with van der Waals surface area (Å²) in [6.45, 7) is 4.96. The minimum absolute atomic E-state index is 0.0184. The number of aromatic nitrogens is 1. The van der Waals surface area contributed by atoms with E-state index in [1.807, 2.05) is 19.2 Å². The summed E-state index contributed by atoms with van der Waals surface area (Å²) in [5, 5.41) is 0. The fourth-order valence-corrected chi connectivity index (χ4v) is 5.83. The van der Waals surface area contributed by atoms with Gasteiger partial charge in [0, 0.05) is 80.3 Å². The van der Waals surface area contributed by atoms with Gasteiger partial charge in [0.05, 0.1) is 5.56 Å². The summed E-state index contributed by atoms with van der Waals surface area (Å²) >= 11 is 0. The lowest BCUT2D eigenvalue weighted by molar-refractivity contribution is -0.0257. The lowest BCUT2D eigenvalue weighted by Crippen LogP contribution is -2.45. The average molecular weight is 546 g/mol. The fraction of sp³-hybridized carbons (Fsp3) is 0.355. The molecule has 0 radical (unpaired) electrons. The van der Waals surface area contributed by atoms with Gasteiger partial charge in [-0.15, -0.1) is 0 Å². The Kier molecular flexibility index (Phi) is 6.77. The summed E-state index contributed by atoms with van der Waals surface area (Å²) in [7, 11) is 2.02. The lowest BCUT2D eigenvalue weighted by Gasteiger charge is -2.36. The van der Waals surface area contributed by atoms with Gasteiger partial charge in [0.1, 0.15) is 11.5 Å². The number of pyridine rings is 1. The normalized spacial score (nSPS) is 20.4. The highest BCUT2D eigenvalue weighted by molar-refractivity contribution is 6.01. The molecule has 1 aromatic heterocycles. The molecule has 2 fully saturated rings. The van der Waals surface area contributed by atoms with E-state index in [9.17, 15) is 4.79 Å². The van der Waals surface area contributed by atoms with Gasteiger partial charge in [0.2, 0.25) is 5.91 Å². The van der Waals surface area contributed by atoms with E-state index < -0.39 is 23.7 Å². The largest absolute Gasteiger partial charge is 0.371 e. The molecule has 2 aliphatic heterocycles. The van der Waals surface area contributed by atoms with Crippen LogP contribution in [0, 0.1) is 17.7 Å². The number of fused-ring (bicyclic) bond motifs is 1. The van der Waals surface area contributed by atoms with Crippen molar-refractivity contribution in [1.82, 2.24) is 14.8 Å². The van der Waals surface area contributed by atoms with Crippen LogP contribution in [0.2, 0.25) is 0 Å². The van der Waals surface area contributed by atoms with Crippen LogP contribution in [0.3, 0.4) is 0 Å². The quantitative estimate of drug-likeness (QED) is 0.493. The molecule has 40 heavy (non-hydrogen) atoms. The number of hydrogen-bond acceptors (Lipinski definition) is 5. The predicted molar refractivity (Wildman–Crippen MR) is 148 cm³/mol. The monoisotopic (exact) mass is 545 g/mol. The molecule has 2 saturated heterocycles. The number of primary amides is 1. The van der Waals surface area contributed by atoms with Crippen molar-refractivity contribution >= 4 is 11.6 Å². The first-order chi connectivity index (χ1) is 19.2. The number of rotatable bonds is 4. The van der Waals surface area contributed by atoms with Crippen LogP contribution in [-0.2, 0) is 5.92 Å². The van der Waals surface area contributed by atoms with Crippen LogP contribution in [0.4, 0.5) is 18.9 Å². The predicted octanol–water partition coefficient (Wildman–Crippen LogP) is 4.38. The van der Waals surface area contributed by atoms with E-state index in [4.69, 9.17) is 5.73 Å². The maximum atomic E-state index is 15.4. The number of benzene rings is 2. The standard InChI is InChI=1S/C31H30F3N5O/c1-37-13-15-39(16-14-37)28-19-31(33,34)26-17-20(3-5-23(26)28)29-24(27(32)8-7-25(29)30(35)40)6-4-21-18-22(9-10-36-21)38-11-2-12-38/h3,5,7-10,17-18,28H,2,11-16,19H2,1H3,(H2,35,40). The number of carbonyl (C=O) groups excluding carboxylic acids is 1. The smallest absolute Gasteiger partial charge is 0.275 e. The molecule has 9 heteroatoms. The highest BCUT2D eigenvalue weighted by Gasteiger charge is 2.47. The Labute approximate surface area is 231 Å². The Bertz CT molecular complexity index is 1530. The Morgan fingerprint density at radius 2 is 1.80 bits per heavy atom.